The second-order valence-corrected chi connectivity index (χ2v) is 9.13. The Morgan fingerprint density at radius 1 is 1.22 bits per heavy atom. The summed E-state index contributed by atoms with van der Waals surface area (Å²) in [5, 5.41) is 12.3. The van der Waals surface area contributed by atoms with Gasteiger partial charge >= 0.3 is 0 Å². The number of unbranched alkanes of at least 4 members (excludes halogenated alkanes) is 1. The van der Waals surface area contributed by atoms with Crippen molar-refractivity contribution in [3.05, 3.63) is 30.3 Å². The highest BCUT2D eigenvalue weighted by Crippen LogP contribution is 2.30. The van der Waals surface area contributed by atoms with Gasteiger partial charge in [0.2, 0.25) is 11.0 Å². The van der Waals surface area contributed by atoms with Crippen molar-refractivity contribution in [1.29, 1.82) is 0 Å². The molecule has 0 radical (unpaired) electrons. The van der Waals surface area contributed by atoms with Gasteiger partial charge in [-0.1, -0.05) is 54.6 Å². The molecule has 0 unspecified atom stereocenters. The minimum atomic E-state index is -0.148. The Balaban J connectivity index is 1.47. The molecular weight excluding hydrogens is 378 g/mol. The first-order valence-corrected chi connectivity index (χ1v) is 11.2. The molecule has 27 heavy (non-hydrogen) atoms. The van der Waals surface area contributed by atoms with Crippen molar-refractivity contribution in [1.82, 2.24) is 15.1 Å². The zero-order chi connectivity index (χ0) is 19.1. The van der Waals surface area contributed by atoms with Crippen LogP contribution in [0.15, 0.2) is 34.7 Å². The van der Waals surface area contributed by atoms with E-state index in [1.165, 1.54) is 28.8 Å². The summed E-state index contributed by atoms with van der Waals surface area (Å²) in [6.45, 7) is 8.31. The largest absolute Gasteiger partial charge is 0.368 e. The Hall–Kier alpha value is -1.80. The lowest BCUT2D eigenvalue weighted by atomic mass is 10.2. The number of aromatic nitrogens is 2. The third-order valence-corrected chi connectivity index (χ3v) is 6.60. The molecule has 0 spiro atoms. The van der Waals surface area contributed by atoms with E-state index < -0.39 is 0 Å². The highest BCUT2D eigenvalue weighted by atomic mass is 32.2. The average molecular weight is 406 g/mol. The number of piperazine rings is 1. The molecule has 1 aromatic heterocycles. The topological polar surface area (TPSA) is 61.4 Å². The molecule has 3 rings (SSSR count). The van der Waals surface area contributed by atoms with Crippen molar-refractivity contribution in [2.45, 2.75) is 36.3 Å². The molecule has 0 aliphatic carbocycles. The van der Waals surface area contributed by atoms with E-state index in [2.05, 4.69) is 51.6 Å². The molecule has 1 aliphatic rings. The summed E-state index contributed by atoms with van der Waals surface area (Å²) in [6.07, 6.45) is 2.27. The molecule has 1 N–H and O–H groups in total. The van der Waals surface area contributed by atoms with Crippen molar-refractivity contribution in [2.75, 3.05) is 42.9 Å². The van der Waals surface area contributed by atoms with E-state index in [0.717, 1.165) is 55.0 Å². The van der Waals surface area contributed by atoms with Crippen LogP contribution in [0.2, 0.25) is 0 Å². The maximum atomic E-state index is 12.8. The Morgan fingerprint density at radius 2 is 1.96 bits per heavy atom. The number of rotatable bonds is 8. The van der Waals surface area contributed by atoms with Crippen LogP contribution in [-0.4, -0.2) is 59.0 Å². The van der Waals surface area contributed by atoms with Crippen molar-refractivity contribution in [2.24, 2.45) is 0 Å². The summed E-state index contributed by atoms with van der Waals surface area (Å²) in [6, 6.07) is 10.4. The number of para-hydroxylation sites is 1. The minimum Gasteiger partial charge on any atom is -0.368 e. The van der Waals surface area contributed by atoms with E-state index in [1.807, 2.05) is 17.9 Å². The lowest BCUT2D eigenvalue weighted by Gasteiger charge is -2.37. The van der Waals surface area contributed by atoms with Crippen LogP contribution in [0, 0.1) is 0 Å². The van der Waals surface area contributed by atoms with Gasteiger partial charge in [0.25, 0.3) is 0 Å². The molecule has 8 heteroatoms. The van der Waals surface area contributed by atoms with Gasteiger partial charge in [0.15, 0.2) is 4.34 Å². The molecule has 0 bridgehead atoms. The minimum absolute atomic E-state index is 0.148. The van der Waals surface area contributed by atoms with Gasteiger partial charge in [0, 0.05) is 38.4 Å². The fourth-order valence-corrected chi connectivity index (χ4v) is 4.99. The van der Waals surface area contributed by atoms with E-state index in [0.29, 0.717) is 0 Å². The number of hydrogen-bond donors (Lipinski definition) is 1. The number of carbonyl (C=O) groups excluding carboxylic acids is 1. The second-order valence-electron chi connectivity index (χ2n) is 6.56. The summed E-state index contributed by atoms with van der Waals surface area (Å²) < 4.78 is 0.845. The van der Waals surface area contributed by atoms with Crippen molar-refractivity contribution >= 4 is 39.8 Å². The van der Waals surface area contributed by atoms with Crippen LogP contribution in [0.5, 0.6) is 0 Å². The Labute approximate surface area is 169 Å². The Morgan fingerprint density at radius 3 is 2.67 bits per heavy atom. The number of nitrogens with one attached hydrogen (secondary N) is 1. The van der Waals surface area contributed by atoms with Gasteiger partial charge < -0.3 is 15.1 Å². The smallest absolute Gasteiger partial charge is 0.235 e. The number of anilines is 2. The lowest BCUT2D eigenvalue weighted by Crippen LogP contribution is -2.50. The van der Waals surface area contributed by atoms with Crippen molar-refractivity contribution in [3.8, 4) is 0 Å². The summed E-state index contributed by atoms with van der Waals surface area (Å²) in [5.41, 5.74) is 1.23. The molecule has 1 amide bonds. The standard InChI is InChI=1S/C19H27N5OS2/c1-3-4-10-20-18-21-22-19(27-18)26-15(2)17(25)24-13-11-23(12-14-24)16-8-6-5-7-9-16/h5-9,15H,3-4,10-14H2,1-2H3,(H,20,21)/t15-/m0/s1. The number of amides is 1. The van der Waals surface area contributed by atoms with Gasteiger partial charge in [-0.3, -0.25) is 4.79 Å². The van der Waals surface area contributed by atoms with Crippen LogP contribution in [0.1, 0.15) is 26.7 Å². The SMILES string of the molecule is CCCCNc1nnc(S[C@@H](C)C(=O)N2CCN(c3ccccc3)CC2)s1. The maximum absolute atomic E-state index is 12.8. The number of thioether (sulfide) groups is 1. The monoisotopic (exact) mass is 405 g/mol. The van der Waals surface area contributed by atoms with Crippen LogP contribution in [0.25, 0.3) is 0 Å². The normalized spacial score (nSPS) is 15.6. The number of hydrogen-bond acceptors (Lipinski definition) is 7. The van der Waals surface area contributed by atoms with Gasteiger partial charge in [-0.15, -0.1) is 10.2 Å². The molecule has 1 fully saturated rings. The fraction of sp³-hybridized carbons (Fsp3) is 0.526. The van der Waals surface area contributed by atoms with Crippen LogP contribution in [0.4, 0.5) is 10.8 Å². The summed E-state index contributed by atoms with van der Waals surface area (Å²) >= 11 is 3.03. The first-order chi connectivity index (χ1) is 13.2. The first kappa shape index (κ1) is 19.9. The van der Waals surface area contributed by atoms with Gasteiger partial charge in [-0.25, -0.2) is 0 Å². The number of nitrogens with zero attached hydrogens (tertiary/aromatic N) is 4. The molecule has 6 nitrogen and oxygen atoms in total. The highest BCUT2D eigenvalue weighted by Gasteiger charge is 2.26. The zero-order valence-corrected chi connectivity index (χ0v) is 17.6. The summed E-state index contributed by atoms with van der Waals surface area (Å²) in [4.78, 5) is 17.1. The van der Waals surface area contributed by atoms with E-state index >= 15 is 0 Å². The Bertz CT molecular complexity index is 716. The van der Waals surface area contributed by atoms with Crippen LogP contribution in [0.3, 0.4) is 0 Å². The number of benzene rings is 1. The van der Waals surface area contributed by atoms with Crippen LogP contribution >= 0.6 is 23.1 Å². The predicted octanol–water partition coefficient (Wildman–Crippen LogP) is 3.58. The van der Waals surface area contributed by atoms with E-state index in [4.69, 9.17) is 0 Å². The predicted molar refractivity (Wildman–Crippen MR) is 114 cm³/mol. The van der Waals surface area contributed by atoms with E-state index in [9.17, 15) is 4.79 Å². The van der Waals surface area contributed by atoms with Gasteiger partial charge in [0.05, 0.1) is 5.25 Å². The molecule has 1 atom stereocenters. The fourth-order valence-electron chi connectivity index (χ4n) is 2.98. The lowest BCUT2D eigenvalue weighted by molar-refractivity contribution is -0.130. The third kappa shape index (κ3) is 5.59. The molecule has 1 saturated heterocycles. The van der Waals surface area contributed by atoms with Gasteiger partial charge in [0.1, 0.15) is 0 Å². The molecule has 146 valence electrons. The van der Waals surface area contributed by atoms with Gasteiger partial charge in [-0.05, 0) is 25.5 Å². The van der Waals surface area contributed by atoms with Crippen molar-refractivity contribution in [3.63, 3.8) is 0 Å². The van der Waals surface area contributed by atoms with Crippen LogP contribution < -0.4 is 10.2 Å². The second kappa shape index (κ2) is 9.94. The maximum Gasteiger partial charge on any atom is 0.235 e. The van der Waals surface area contributed by atoms with Gasteiger partial charge in [-0.2, -0.15) is 0 Å². The molecule has 1 aliphatic heterocycles. The number of carbonyl (C=O) groups is 1. The Kier molecular flexibility index (Phi) is 7.34. The van der Waals surface area contributed by atoms with E-state index in [1.54, 1.807) is 0 Å². The summed E-state index contributed by atoms with van der Waals surface area (Å²) in [5.74, 6) is 0.184. The highest BCUT2D eigenvalue weighted by molar-refractivity contribution is 8.02. The third-order valence-electron chi connectivity index (χ3n) is 4.55. The van der Waals surface area contributed by atoms with E-state index in [-0.39, 0.29) is 11.2 Å². The first-order valence-electron chi connectivity index (χ1n) is 9.50. The molecule has 1 aromatic carbocycles. The molecule has 2 aromatic rings. The molecular formula is C19H27N5OS2. The quantitative estimate of drug-likeness (QED) is 0.535. The zero-order valence-electron chi connectivity index (χ0n) is 15.9. The molecule has 0 saturated carbocycles. The van der Waals surface area contributed by atoms with Crippen LogP contribution in [-0.2, 0) is 4.79 Å². The average Bonchev–Trinajstić information content (AvgIpc) is 3.15. The van der Waals surface area contributed by atoms with Crippen molar-refractivity contribution < 1.29 is 4.79 Å². The summed E-state index contributed by atoms with van der Waals surface area (Å²) in [7, 11) is 0. The molecule has 2 heterocycles.